The van der Waals surface area contributed by atoms with E-state index in [2.05, 4.69) is 0 Å². The SMILES string of the molecule is O=[N+]([O-])c1ccccc1COCCO[C@@H]1O[C@H](COC(c2ccccc2)(c2ccccc2)c2ccccc2)[C@@H](O)[C@H](O)[C@H]1O. The van der Waals surface area contributed by atoms with Crippen molar-refractivity contribution in [2.45, 2.75) is 42.9 Å². The van der Waals surface area contributed by atoms with Crippen LogP contribution in [0, 0.1) is 10.1 Å². The minimum absolute atomic E-state index is 0.00701. The van der Waals surface area contributed by atoms with Crippen molar-refractivity contribution in [2.24, 2.45) is 0 Å². The first-order valence-corrected chi connectivity index (χ1v) is 14.3. The van der Waals surface area contributed by atoms with Gasteiger partial charge in [0.2, 0.25) is 0 Å². The van der Waals surface area contributed by atoms with Crippen LogP contribution < -0.4 is 0 Å². The van der Waals surface area contributed by atoms with Gasteiger partial charge in [-0.1, -0.05) is 103 Å². The van der Waals surface area contributed by atoms with E-state index in [-0.39, 0.29) is 32.1 Å². The Morgan fingerprint density at radius 1 is 0.705 bits per heavy atom. The number of aliphatic hydroxyl groups excluding tert-OH is 3. The van der Waals surface area contributed by atoms with Gasteiger partial charge in [0.15, 0.2) is 6.29 Å². The molecule has 10 heteroatoms. The zero-order valence-electron chi connectivity index (χ0n) is 23.9. The first-order valence-electron chi connectivity index (χ1n) is 14.3. The van der Waals surface area contributed by atoms with Crippen LogP contribution in [0.5, 0.6) is 0 Å². The predicted molar refractivity (Wildman–Crippen MR) is 161 cm³/mol. The third-order valence-corrected chi connectivity index (χ3v) is 7.63. The maximum absolute atomic E-state index is 11.2. The monoisotopic (exact) mass is 601 g/mol. The summed E-state index contributed by atoms with van der Waals surface area (Å²) in [6.45, 7) is -0.164. The van der Waals surface area contributed by atoms with E-state index in [0.29, 0.717) is 5.56 Å². The van der Waals surface area contributed by atoms with Crippen molar-refractivity contribution in [3.05, 3.63) is 148 Å². The molecular formula is C34H35NO9. The first kappa shape index (κ1) is 31.4. The molecule has 3 N–H and O–H groups in total. The number of nitro groups is 1. The standard InChI is InChI=1S/C34H35NO9/c36-30-29(44-33(32(38)31(30)37)42-21-20-41-22-24-12-10-11-19-28(24)35(39)40)23-43-34(25-13-4-1-5-14-25,26-15-6-2-7-16-26)27-17-8-3-9-18-27/h1-19,29-33,36-38H,20-23H2/t29-,30-,31+,32-,33-/m1/s1. The summed E-state index contributed by atoms with van der Waals surface area (Å²) in [5.41, 5.74) is 1.85. The van der Waals surface area contributed by atoms with E-state index in [9.17, 15) is 25.4 Å². The highest BCUT2D eigenvalue weighted by molar-refractivity contribution is 5.47. The summed E-state index contributed by atoms with van der Waals surface area (Å²) in [6, 6.07) is 35.4. The van der Waals surface area contributed by atoms with Crippen molar-refractivity contribution in [1.82, 2.24) is 0 Å². The van der Waals surface area contributed by atoms with Crippen molar-refractivity contribution >= 4 is 5.69 Å². The maximum atomic E-state index is 11.2. The summed E-state index contributed by atoms with van der Waals surface area (Å²) < 4.78 is 23.9. The molecule has 230 valence electrons. The third kappa shape index (κ3) is 6.87. The van der Waals surface area contributed by atoms with Crippen LogP contribution >= 0.6 is 0 Å². The van der Waals surface area contributed by atoms with Gasteiger partial charge in [-0.2, -0.15) is 0 Å². The lowest BCUT2D eigenvalue weighted by Crippen LogP contribution is -2.59. The minimum atomic E-state index is -1.56. The number of nitro benzene ring substituents is 1. The highest BCUT2D eigenvalue weighted by atomic mass is 16.7. The molecule has 0 saturated carbocycles. The van der Waals surface area contributed by atoms with Gasteiger partial charge in [-0.05, 0) is 22.8 Å². The Labute approximate surface area is 255 Å². The Balaban J connectivity index is 1.30. The van der Waals surface area contributed by atoms with E-state index in [1.807, 2.05) is 91.0 Å². The molecule has 0 amide bonds. The number of ether oxygens (including phenoxy) is 4. The molecule has 1 aliphatic heterocycles. The lowest BCUT2D eigenvalue weighted by Gasteiger charge is -2.42. The molecule has 0 unspecified atom stereocenters. The highest BCUT2D eigenvalue weighted by Crippen LogP contribution is 2.41. The summed E-state index contributed by atoms with van der Waals surface area (Å²) in [5.74, 6) is 0. The molecule has 0 bridgehead atoms. The molecule has 5 rings (SSSR count). The topological polar surface area (TPSA) is 141 Å². The fraction of sp³-hybridized carbons (Fsp3) is 0.294. The summed E-state index contributed by atoms with van der Waals surface area (Å²) in [7, 11) is 0. The number of benzene rings is 4. The number of aliphatic hydroxyl groups is 3. The van der Waals surface area contributed by atoms with Gasteiger partial charge in [-0.3, -0.25) is 10.1 Å². The van der Waals surface area contributed by atoms with E-state index in [4.69, 9.17) is 18.9 Å². The van der Waals surface area contributed by atoms with Crippen LogP contribution in [0.1, 0.15) is 22.3 Å². The molecular weight excluding hydrogens is 566 g/mol. The van der Waals surface area contributed by atoms with Crippen LogP contribution in [-0.2, 0) is 31.2 Å². The number of nitrogens with zero attached hydrogens (tertiary/aromatic N) is 1. The fourth-order valence-corrected chi connectivity index (χ4v) is 5.38. The number of hydrogen-bond donors (Lipinski definition) is 3. The van der Waals surface area contributed by atoms with Gasteiger partial charge in [-0.25, -0.2) is 0 Å². The molecule has 4 aromatic carbocycles. The van der Waals surface area contributed by atoms with Gasteiger partial charge < -0.3 is 34.3 Å². The van der Waals surface area contributed by atoms with E-state index in [0.717, 1.165) is 16.7 Å². The second kappa shape index (κ2) is 14.7. The van der Waals surface area contributed by atoms with E-state index >= 15 is 0 Å². The maximum Gasteiger partial charge on any atom is 0.274 e. The minimum Gasteiger partial charge on any atom is -0.387 e. The summed E-state index contributed by atoms with van der Waals surface area (Å²) in [6.07, 6.45) is -6.88. The average molecular weight is 602 g/mol. The van der Waals surface area contributed by atoms with Crippen molar-refractivity contribution in [1.29, 1.82) is 0 Å². The Bertz CT molecular complexity index is 1380. The van der Waals surface area contributed by atoms with E-state index in [1.54, 1.807) is 18.2 Å². The smallest absolute Gasteiger partial charge is 0.274 e. The quantitative estimate of drug-likeness (QED) is 0.0899. The number of rotatable bonds is 13. The Morgan fingerprint density at radius 3 is 1.77 bits per heavy atom. The van der Waals surface area contributed by atoms with Gasteiger partial charge in [0, 0.05) is 6.07 Å². The molecule has 0 aliphatic carbocycles. The lowest BCUT2D eigenvalue weighted by molar-refractivity contribution is -0.386. The fourth-order valence-electron chi connectivity index (χ4n) is 5.38. The molecule has 1 saturated heterocycles. The zero-order valence-corrected chi connectivity index (χ0v) is 23.9. The Kier molecular flexibility index (Phi) is 10.5. The molecule has 10 nitrogen and oxygen atoms in total. The lowest BCUT2D eigenvalue weighted by atomic mass is 9.80. The zero-order chi connectivity index (χ0) is 30.9. The van der Waals surface area contributed by atoms with Crippen LogP contribution in [0.25, 0.3) is 0 Å². The second-order valence-corrected chi connectivity index (χ2v) is 10.4. The predicted octanol–water partition coefficient (Wildman–Crippen LogP) is 3.94. The van der Waals surface area contributed by atoms with Crippen LogP contribution in [0.4, 0.5) is 5.69 Å². The van der Waals surface area contributed by atoms with Crippen molar-refractivity contribution in [3.8, 4) is 0 Å². The Morgan fingerprint density at radius 2 is 1.23 bits per heavy atom. The van der Waals surface area contributed by atoms with Gasteiger partial charge in [0.25, 0.3) is 5.69 Å². The molecule has 0 radical (unpaired) electrons. The normalized spacial score (nSPS) is 22.0. The molecule has 1 heterocycles. The second-order valence-electron chi connectivity index (χ2n) is 10.4. The van der Waals surface area contributed by atoms with Crippen LogP contribution in [0.15, 0.2) is 115 Å². The van der Waals surface area contributed by atoms with Crippen LogP contribution in [0.2, 0.25) is 0 Å². The van der Waals surface area contributed by atoms with Gasteiger partial charge in [0.05, 0.1) is 36.9 Å². The molecule has 1 aliphatic rings. The summed E-state index contributed by atoms with van der Waals surface area (Å²) in [5, 5.41) is 43.4. The Hall–Kier alpha value is -4.00. The van der Waals surface area contributed by atoms with Crippen molar-refractivity contribution in [3.63, 3.8) is 0 Å². The third-order valence-electron chi connectivity index (χ3n) is 7.63. The molecule has 4 aromatic rings. The van der Waals surface area contributed by atoms with E-state index < -0.39 is 41.2 Å². The van der Waals surface area contributed by atoms with Crippen LogP contribution in [0.3, 0.4) is 0 Å². The number of para-hydroxylation sites is 1. The van der Waals surface area contributed by atoms with Crippen molar-refractivity contribution in [2.75, 3.05) is 19.8 Å². The largest absolute Gasteiger partial charge is 0.387 e. The molecule has 5 atom stereocenters. The average Bonchev–Trinajstić information content (AvgIpc) is 3.07. The van der Waals surface area contributed by atoms with E-state index in [1.165, 1.54) is 6.07 Å². The first-order chi connectivity index (χ1) is 21.4. The van der Waals surface area contributed by atoms with Gasteiger partial charge in [-0.15, -0.1) is 0 Å². The highest BCUT2D eigenvalue weighted by Gasteiger charge is 2.46. The molecule has 0 spiro atoms. The van der Waals surface area contributed by atoms with Crippen LogP contribution in [-0.4, -0.2) is 70.8 Å². The number of hydrogen-bond acceptors (Lipinski definition) is 9. The molecule has 0 aromatic heterocycles. The summed E-state index contributed by atoms with van der Waals surface area (Å²) in [4.78, 5) is 10.8. The summed E-state index contributed by atoms with van der Waals surface area (Å²) >= 11 is 0. The van der Waals surface area contributed by atoms with Crippen molar-refractivity contribution < 1.29 is 39.2 Å². The molecule has 1 fully saturated rings. The van der Waals surface area contributed by atoms with Gasteiger partial charge >= 0.3 is 0 Å². The van der Waals surface area contributed by atoms with Gasteiger partial charge in [0.1, 0.15) is 30.0 Å². The molecule has 44 heavy (non-hydrogen) atoms.